The number of carbonyl (C=O) groups excluding carboxylic acids is 1. The van der Waals surface area contributed by atoms with E-state index in [2.05, 4.69) is 0 Å². The molecule has 0 bridgehead atoms. The van der Waals surface area contributed by atoms with Crippen LogP contribution < -0.4 is 5.73 Å². The molecule has 1 fully saturated rings. The van der Waals surface area contributed by atoms with Gasteiger partial charge in [0.2, 0.25) is 5.91 Å². The molecule has 70 valence electrons. The monoisotopic (exact) mass is 190 g/mol. The standard InChI is InChI=1S/C8H15ClN2O/c9-7-5-8(12)11(6-7)4-2-1-3-10/h7H,1-6,10H2. The third kappa shape index (κ3) is 2.64. The SMILES string of the molecule is NCCCCN1CC(Cl)CC1=O. The van der Waals surface area contributed by atoms with Crippen LogP contribution in [-0.2, 0) is 4.79 Å². The highest BCUT2D eigenvalue weighted by Gasteiger charge is 2.26. The van der Waals surface area contributed by atoms with E-state index in [-0.39, 0.29) is 11.3 Å². The van der Waals surface area contributed by atoms with E-state index in [1.165, 1.54) is 0 Å². The molecule has 1 unspecified atom stereocenters. The average Bonchev–Trinajstić information content (AvgIpc) is 2.31. The second-order valence-electron chi connectivity index (χ2n) is 3.14. The highest BCUT2D eigenvalue weighted by atomic mass is 35.5. The van der Waals surface area contributed by atoms with Crippen LogP contribution in [0.5, 0.6) is 0 Å². The van der Waals surface area contributed by atoms with E-state index < -0.39 is 0 Å². The lowest BCUT2D eigenvalue weighted by molar-refractivity contribution is -0.127. The van der Waals surface area contributed by atoms with Crippen molar-refractivity contribution in [1.82, 2.24) is 4.90 Å². The fourth-order valence-electron chi connectivity index (χ4n) is 1.39. The number of likely N-dealkylation sites (tertiary alicyclic amines) is 1. The van der Waals surface area contributed by atoms with Crippen LogP contribution in [0, 0.1) is 0 Å². The molecule has 2 N–H and O–H groups in total. The molecule has 1 aliphatic rings. The lowest BCUT2D eigenvalue weighted by atomic mass is 10.3. The van der Waals surface area contributed by atoms with Crippen LogP contribution in [0.25, 0.3) is 0 Å². The van der Waals surface area contributed by atoms with Gasteiger partial charge in [-0.1, -0.05) is 0 Å². The topological polar surface area (TPSA) is 46.3 Å². The number of nitrogens with zero attached hydrogens (tertiary/aromatic N) is 1. The van der Waals surface area contributed by atoms with Crippen molar-refractivity contribution in [2.24, 2.45) is 5.73 Å². The summed E-state index contributed by atoms with van der Waals surface area (Å²) < 4.78 is 0. The van der Waals surface area contributed by atoms with Crippen LogP contribution in [0.1, 0.15) is 19.3 Å². The van der Waals surface area contributed by atoms with Crippen molar-refractivity contribution < 1.29 is 4.79 Å². The van der Waals surface area contributed by atoms with Crippen LogP contribution in [0.15, 0.2) is 0 Å². The van der Waals surface area contributed by atoms with Gasteiger partial charge in [-0.2, -0.15) is 0 Å². The fourth-order valence-corrected chi connectivity index (χ4v) is 1.69. The Balaban J connectivity index is 2.19. The van der Waals surface area contributed by atoms with Crippen LogP contribution in [0.4, 0.5) is 0 Å². The summed E-state index contributed by atoms with van der Waals surface area (Å²) in [6, 6.07) is 0. The van der Waals surface area contributed by atoms with Gasteiger partial charge < -0.3 is 10.6 Å². The smallest absolute Gasteiger partial charge is 0.224 e. The fraction of sp³-hybridized carbons (Fsp3) is 0.875. The maximum Gasteiger partial charge on any atom is 0.224 e. The van der Waals surface area contributed by atoms with E-state index in [1.54, 1.807) is 0 Å². The number of nitrogens with two attached hydrogens (primary N) is 1. The Morgan fingerprint density at radius 3 is 2.83 bits per heavy atom. The Kier molecular flexibility index (Phi) is 3.82. The lowest BCUT2D eigenvalue weighted by Crippen LogP contribution is -2.26. The van der Waals surface area contributed by atoms with Crippen molar-refractivity contribution in [3.63, 3.8) is 0 Å². The first-order chi connectivity index (χ1) is 5.74. The van der Waals surface area contributed by atoms with Crippen LogP contribution in [-0.4, -0.2) is 35.8 Å². The van der Waals surface area contributed by atoms with Crippen LogP contribution in [0.2, 0.25) is 0 Å². The minimum atomic E-state index is 0.0235. The van der Waals surface area contributed by atoms with E-state index >= 15 is 0 Å². The summed E-state index contributed by atoms with van der Waals surface area (Å²) in [6.45, 7) is 2.23. The number of alkyl halides is 1. The Morgan fingerprint density at radius 1 is 1.58 bits per heavy atom. The molecule has 1 amide bonds. The second kappa shape index (κ2) is 4.67. The molecule has 0 saturated carbocycles. The minimum absolute atomic E-state index is 0.0235. The van der Waals surface area contributed by atoms with E-state index in [9.17, 15) is 4.79 Å². The summed E-state index contributed by atoms with van der Waals surface area (Å²) in [6.07, 6.45) is 2.48. The van der Waals surface area contributed by atoms with Gasteiger partial charge in [-0.3, -0.25) is 4.79 Å². The van der Waals surface area contributed by atoms with Gasteiger partial charge >= 0.3 is 0 Å². The summed E-state index contributed by atoms with van der Waals surface area (Å²) in [4.78, 5) is 13.0. The molecule has 12 heavy (non-hydrogen) atoms. The summed E-state index contributed by atoms with van der Waals surface area (Å²) in [5, 5.41) is 0.0235. The Bertz CT molecular complexity index is 163. The number of rotatable bonds is 4. The van der Waals surface area contributed by atoms with Gasteiger partial charge in [0.15, 0.2) is 0 Å². The third-order valence-corrected chi connectivity index (χ3v) is 2.34. The predicted octanol–water partition coefficient (Wildman–Crippen LogP) is 0.565. The first-order valence-electron chi connectivity index (χ1n) is 4.36. The summed E-state index contributed by atoms with van der Waals surface area (Å²) in [7, 11) is 0. The van der Waals surface area contributed by atoms with Crippen molar-refractivity contribution >= 4 is 17.5 Å². The Labute approximate surface area is 77.9 Å². The van der Waals surface area contributed by atoms with Gasteiger partial charge in [0.1, 0.15) is 0 Å². The zero-order valence-electron chi connectivity index (χ0n) is 7.13. The van der Waals surface area contributed by atoms with Gasteiger partial charge in [0.25, 0.3) is 0 Å². The number of hydrogen-bond acceptors (Lipinski definition) is 2. The number of unbranched alkanes of at least 4 members (excludes halogenated alkanes) is 1. The predicted molar refractivity (Wildman–Crippen MR) is 49.1 cm³/mol. The maximum atomic E-state index is 11.2. The van der Waals surface area contributed by atoms with E-state index in [4.69, 9.17) is 17.3 Å². The number of hydrogen-bond donors (Lipinski definition) is 1. The quantitative estimate of drug-likeness (QED) is 0.521. The van der Waals surface area contributed by atoms with Gasteiger partial charge in [-0.25, -0.2) is 0 Å². The molecule has 3 nitrogen and oxygen atoms in total. The largest absolute Gasteiger partial charge is 0.341 e. The zero-order chi connectivity index (χ0) is 8.97. The normalized spacial score (nSPS) is 23.7. The van der Waals surface area contributed by atoms with E-state index in [1.807, 2.05) is 4.90 Å². The van der Waals surface area contributed by atoms with E-state index in [0.717, 1.165) is 19.4 Å². The molecule has 0 radical (unpaired) electrons. The molecule has 0 aromatic rings. The minimum Gasteiger partial charge on any atom is -0.341 e. The number of halogens is 1. The molecular formula is C8H15ClN2O. The zero-order valence-corrected chi connectivity index (χ0v) is 7.89. The van der Waals surface area contributed by atoms with Crippen molar-refractivity contribution in [2.45, 2.75) is 24.6 Å². The molecule has 0 aromatic carbocycles. The van der Waals surface area contributed by atoms with Crippen molar-refractivity contribution in [1.29, 1.82) is 0 Å². The van der Waals surface area contributed by atoms with Crippen molar-refractivity contribution in [3.8, 4) is 0 Å². The van der Waals surface area contributed by atoms with Crippen LogP contribution >= 0.6 is 11.6 Å². The number of amides is 1. The molecule has 1 aliphatic heterocycles. The molecule has 1 atom stereocenters. The average molecular weight is 191 g/mol. The number of carbonyl (C=O) groups is 1. The molecule has 1 rings (SSSR count). The lowest BCUT2D eigenvalue weighted by Gasteiger charge is -2.14. The molecular weight excluding hydrogens is 176 g/mol. The van der Waals surface area contributed by atoms with Gasteiger partial charge in [0.05, 0.1) is 5.38 Å². The van der Waals surface area contributed by atoms with Gasteiger partial charge in [-0.15, -0.1) is 11.6 Å². The summed E-state index contributed by atoms with van der Waals surface area (Å²) in [5.74, 6) is 0.187. The second-order valence-corrected chi connectivity index (χ2v) is 3.75. The summed E-state index contributed by atoms with van der Waals surface area (Å²) in [5.41, 5.74) is 5.35. The molecule has 1 heterocycles. The van der Waals surface area contributed by atoms with E-state index in [0.29, 0.717) is 19.5 Å². The molecule has 0 aromatic heterocycles. The first-order valence-corrected chi connectivity index (χ1v) is 4.79. The maximum absolute atomic E-state index is 11.2. The van der Waals surface area contributed by atoms with Gasteiger partial charge in [0, 0.05) is 19.5 Å². The first kappa shape index (κ1) is 9.81. The highest BCUT2D eigenvalue weighted by Crippen LogP contribution is 2.16. The Morgan fingerprint density at radius 2 is 2.33 bits per heavy atom. The molecule has 4 heteroatoms. The molecule has 0 aliphatic carbocycles. The molecule has 0 spiro atoms. The third-order valence-electron chi connectivity index (χ3n) is 2.05. The highest BCUT2D eigenvalue weighted by molar-refractivity contribution is 6.22. The van der Waals surface area contributed by atoms with Gasteiger partial charge in [-0.05, 0) is 19.4 Å². The van der Waals surface area contributed by atoms with Crippen molar-refractivity contribution in [3.05, 3.63) is 0 Å². The Hall–Kier alpha value is -0.280. The summed E-state index contributed by atoms with van der Waals surface area (Å²) >= 11 is 5.83. The molecule has 1 saturated heterocycles. The van der Waals surface area contributed by atoms with Crippen molar-refractivity contribution in [2.75, 3.05) is 19.6 Å². The van der Waals surface area contributed by atoms with Crippen LogP contribution in [0.3, 0.4) is 0 Å².